The van der Waals surface area contributed by atoms with Gasteiger partial charge in [-0.1, -0.05) is 23.4 Å². The Morgan fingerprint density at radius 3 is 3.05 bits per heavy atom. The van der Waals surface area contributed by atoms with Gasteiger partial charge in [0.05, 0.1) is 5.92 Å². The smallest absolute Gasteiger partial charge is 0.236 e. The summed E-state index contributed by atoms with van der Waals surface area (Å²) < 4.78 is 5.42. The Labute approximate surface area is 112 Å². The third-order valence-electron chi connectivity index (χ3n) is 3.40. The molecule has 0 radical (unpaired) electrons. The fraction of sp³-hybridized carbons (Fsp3) is 0.429. The molecule has 3 rings (SSSR count). The van der Waals surface area contributed by atoms with Crippen molar-refractivity contribution in [2.75, 3.05) is 32.5 Å². The molecule has 0 amide bonds. The minimum atomic E-state index is 0.178. The maximum absolute atomic E-state index is 5.42. The summed E-state index contributed by atoms with van der Waals surface area (Å²) in [6.07, 6.45) is 0.818. The second-order valence-electron chi connectivity index (χ2n) is 5.12. The molecule has 1 aromatic heterocycles. The van der Waals surface area contributed by atoms with Gasteiger partial charge >= 0.3 is 0 Å². The van der Waals surface area contributed by atoms with Crippen molar-refractivity contribution in [2.45, 2.75) is 12.3 Å². The van der Waals surface area contributed by atoms with Gasteiger partial charge < -0.3 is 14.7 Å². The molecule has 0 saturated heterocycles. The van der Waals surface area contributed by atoms with Crippen LogP contribution in [0.2, 0.25) is 0 Å². The number of rotatable bonds is 4. The standard InChI is InChI=1S/C14H18N4O/c1-18(2)8-7-13-16-14(19-17-13)11-9-15-12-6-4-3-5-10(11)12/h3-6,11,15H,7-9H2,1-2H3. The molecule has 5 heteroatoms. The number of hydrogen-bond donors (Lipinski definition) is 1. The fourth-order valence-electron chi connectivity index (χ4n) is 2.34. The van der Waals surface area contributed by atoms with Gasteiger partial charge in [-0.05, 0) is 25.7 Å². The van der Waals surface area contributed by atoms with Crippen molar-refractivity contribution in [3.8, 4) is 0 Å². The molecular weight excluding hydrogens is 240 g/mol. The molecular formula is C14H18N4O. The van der Waals surface area contributed by atoms with Crippen LogP contribution in [0.3, 0.4) is 0 Å². The van der Waals surface area contributed by atoms with Crippen molar-refractivity contribution in [3.63, 3.8) is 0 Å². The molecule has 2 heterocycles. The lowest BCUT2D eigenvalue weighted by Gasteiger charge is -2.05. The zero-order valence-electron chi connectivity index (χ0n) is 11.3. The lowest BCUT2D eigenvalue weighted by Crippen LogP contribution is -2.15. The van der Waals surface area contributed by atoms with Crippen LogP contribution in [-0.2, 0) is 6.42 Å². The molecule has 5 nitrogen and oxygen atoms in total. The third-order valence-corrected chi connectivity index (χ3v) is 3.40. The molecule has 0 spiro atoms. The topological polar surface area (TPSA) is 54.2 Å². The molecule has 0 fully saturated rings. The average Bonchev–Trinajstić information content (AvgIpc) is 3.02. The lowest BCUT2D eigenvalue weighted by molar-refractivity contribution is 0.359. The summed E-state index contributed by atoms with van der Waals surface area (Å²) in [6.45, 7) is 1.76. The third kappa shape index (κ3) is 2.46. The van der Waals surface area contributed by atoms with Crippen LogP contribution in [0.1, 0.15) is 23.2 Å². The summed E-state index contributed by atoms with van der Waals surface area (Å²) in [4.78, 5) is 6.63. The van der Waals surface area contributed by atoms with Crippen LogP contribution >= 0.6 is 0 Å². The summed E-state index contributed by atoms with van der Waals surface area (Å²) in [5.41, 5.74) is 2.41. The Morgan fingerprint density at radius 1 is 1.37 bits per heavy atom. The van der Waals surface area contributed by atoms with Gasteiger partial charge in [0, 0.05) is 25.2 Å². The van der Waals surface area contributed by atoms with Gasteiger partial charge in [-0.2, -0.15) is 4.98 Å². The molecule has 2 aromatic rings. The fourth-order valence-corrected chi connectivity index (χ4v) is 2.34. The molecule has 1 aliphatic heterocycles. The minimum Gasteiger partial charge on any atom is -0.384 e. The number of hydrogen-bond acceptors (Lipinski definition) is 5. The van der Waals surface area contributed by atoms with Gasteiger partial charge in [-0.25, -0.2) is 0 Å². The largest absolute Gasteiger partial charge is 0.384 e. The number of likely N-dealkylation sites (N-methyl/N-ethyl adjacent to an activating group) is 1. The zero-order valence-corrected chi connectivity index (χ0v) is 11.3. The average molecular weight is 258 g/mol. The van der Waals surface area contributed by atoms with Crippen molar-refractivity contribution in [1.82, 2.24) is 15.0 Å². The van der Waals surface area contributed by atoms with Crippen LogP contribution in [0, 0.1) is 0 Å². The van der Waals surface area contributed by atoms with E-state index in [0.29, 0.717) is 5.89 Å². The summed E-state index contributed by atoms with van der Waals surface area (Å²) in [5, 5.41) is 7.44. The van der Waals surface area contributed by atoms with Gasteiger partial charge in [0.25, 0.3) is 0 Å². The molecule has 1 N–H and O–H groups in total. The van der Waals surface area contributed by atoms with E-state index in [1.165, 1.54) is 11.3 Å². The van der Waals surface area contributed by atoms with E-state index in [-0.39, 0.29) is 5.92 Å². The van der Waals surface area contributed by atoms with Crippen LogP contribution in [-0.4, -0.2) is 42.2 Å². The van der Waals surface area contributed by atoms with E-state index >= 15 is 0 Å². The normalized spacial score (nSPS) is 17.5. The van der Waals surface area contributed by atoms with Gasteiger partial charge in [0.1, 0.15) is 0 Å². The summed E-state index contributed by atoms with van der Waals surface area (Å²) in [5.74, 6) is 1.68. The quantitative estimate of drug-likeness (QED) is 0.905. The number of fused-ring (bicyclic) bond motifs is 1. The number of nitrogens with one attached hydrogen (secondary N) is 1. The van der Waals surface area contributed by atoms with Crippen LogP contribution in [0.25, 0.3) is 0 Å². The monoisotopic (exact) mass is 258 g/mol. The van der Waals surface area contributed by atoms with Gasteiger partial charge in [0.2, 0.25) is 5.89 Å². The summed E-state index contributed by atoms with van der Waals surface area (Å²) in [7, 11) is 4.08. The molecule has 100 valence electrons. The van der Waals surface area contributed by atoms with Gasteiger partial charge in [-0.15, -0.1) is 0 Å². The SMILES string of the molecule is CN(C)CCc1noc(C2CNc3ccccc32)n1. The number of benzene rings is 1. The molecule has 1 unspecified atom stereocenters. The first-order valence-electron chi connectivity index (χ1n) is 6.54. The van der Waals surface area contributed by atoms with Crippen LogP contribution in [0.4, 0.5) is 5.69 Å². The highest BCUT2D eigenvalue weighted by atomic mass is 16.5. The molecule has 0 saturated carbocycles. The highest BCUT2D eigenvalue weighted by Gasteiger charge is 2.28. The first-order valence-corrected chi connectivity index (χ1v) is 6.54. The Morgan fingerprint density at radius 2 is 2.21 bits per heavy atom. The predicted octanol–water partition coefficient (Wildman–Crippen LogP) is 1.73. The number of nitrogens with zero attached hydrogens (tertiary/aromatic N) is 3. The van der Waals surface area contributed by atoms with E-state index in [0.717, 1.165) is 25.3 Å². The number of para-hydroxylation sites is 1. The summed E-state index contributed by atoms with van der Waals surface area (Å²) >= 11 is 0. The Balaban J connectivity index is 1.77. The van der Waals surface area contributed by atoms with Crippen molar-refractivity contribution in [3.05, 3.63) is 41.5 Å². The van der Waals surface area contributed by atoms with Crippen LogP contribution in [0.5, 0.6) is 0 Å². The zero-order chi connectivity index (χ0) is 13.2. The van der Waals surface area contributed by atoms with E-state index < -0.39 is 0 Å². The van der Waals surface area contributed by atoms with Crippen LogP contribution in [0.15, 0.2) is 28.8 Å². The first-order chi connectivity index (χ1) is 9.24. The highest BCUT2D eigenvalue weighted by molar-refractivity contribution is 5.59. The van der Waals surface area contributed by atoms with E-state index in [4.69, 9.17) is 4.52 Å². The van der Waals surface area contributed by atoms with Crippen molar-refractivity contribution >= 4 is 5.69 Å². The van der Waals surface area contributed by atoms with Gasteiger partial charge in [-0.3, -0.25) is 0 Å². The summed E-state index contributed by atoms with van der Waals surface area (Å²) in [6, 6.07) is 8.27. The number of aromatic nitrogens is 2. The lowest BCUT2D eigenvalue weighted by atomic mass is 10.0. The number of anilines is 1. The maximum Gasteiger partial charge on any atom is 0.236 e. The van der Waals surface area contributed by atoms with E-state index in [2.05, 4.69) is 32.5 Å². The minimum absolute atomic E-state index is 0.178. The molecule has 0 bridgehead atoms. The van der Waals surface area contributed by atoms with Crippen molar-refractivity contribution < 1.29 is 4.52 Å². The van der Waals surface area contributed by atoms with Crippen molar-refractivity contribution in [1.29, 1.82) is 0 Å². The molecule has 19 heavy (non-hydrogen) atoms. The van der Waals surface area contributed by atoms with E-state index in [9.17, 15) is 0 Å². The highest BCUT2D eigenvalue weighted by Crippen LogP contribution is 2.34. The predicted molar refractivity (Wildman–Crippen MR) is 73.3 cm³/mol. The Hall–Kier alpha value is -1.88. The second-order valence-corrected chi connectivity index (χ2v) is 5.12. The van der Waals surface area contributed by atoms with Crippen molar-refractivity contribution in [2.24, 2.45) is 0 Å². The molecule has 1 atom stereocenters. The molecule has 0 aliphatic carbocycles. The van der Waals surface area contributed by atoms with Gasteiger partial charge in [0.15, 0.2) is 5.82 Å². The van der Waals surface area contributed by atoms with Crippen LogP contribution < -0.4 is 5.32 Å². The second kappa shape index (κ2) is 5.01. The molecule has 1 aromatic carbocycles. The molecule has 1 aliphatic rings. The van der Waals surface area contributed by atoms with E-state index in [1.54, 1.807) is 0 Å². The van der Waals surface area contributed by atoms with E-state index in [1.807, 2.05) is 26.2 Å². The maximum atomic E-state index is 5.42. The Kier molecular flexibility index (Phi) is 3.21. The first kappa shape index (κ1) is 12.2. The Bertz CT molecular complexity index is 564.